The van der Waals surface area contributed by atoms with Crippen molar-refractivity contribution in [2.24, 2.45) is 11.8 Å². The molecule has 3 rings (SSSR count). The molecule has 0 spiro atoms. The van der Waals surface area contributed by atoms with Crippen molar-refractivity contribution in [1.29, 1.82) is 0 Å². The molecule has 2 unspecified atom stereocenters. The number of aromatic nitrogens is 3. The largest absolute Gasteiger partial charge is 0.329 e. The average Bonchev–Trinajstić information content (AvgIpc) is 2.62. The van der Waals surface area contributed by atoms with E-state index < -0.39 is 0 Å². The van der Waals surface area contributed by atoms with Crippen LogP contribution < -0.4 is 0 Å². The van der Waals surface area contributed by atoms with Crippen LogP contribution in [0.1, 0.15) is 44.7 Å². The van der Waals surface area contributed by atoms with Crippen molar-refractivity contribution in [1.82, 2.24) is 14.5 Å². The average molecular weight is 275 g/mol. The molecular formula is C15H21N3S. The highest BCUT2D eigenvalue weighted by atomic mass is 32.1. The molecule has 1 N–H and O–H groups in total. The molecule has 0 bridgehead atoms. The Balaban J connectivity index is 2.09. The minimum Gasteiger partial charge on any atom is -0.329 e. The molecule has 4 heteroatoms. The molecule has 3 nitrogen and oxygen atoms in total. The van der Waals surface area contributed by atoms with Gasteiger partial charge in [-0.3, -0.25) is 4.57 Å². The highest BCUT2D eigenvalue weighted by Crippen LogP contribution is 2.37. The van der Waals surface area contributed by atoms with Crippen molar-refractivity contribution in [3.8, 4) is 0 Å². The zero-order chi connectivity index (χ0) is 13.6. The SMILES string of the molecule is Cc1cnc2c(c1)[nH]c(=S)n2C1CC(C)CC(C)C1. The lowest BCUT2D eigenvalue weighted by atomic mass is 9.80. The number of hydrogen-bond acceptors (Lipinski definition) is 2. The van der Waals surface area contributed by atoms with E-state index in [0.717, 1.165) is 27.8 Å². The van der Waals surface area contributed by atoms with Crippen LogP contribution in [0.15, 0.2) is 12.3 Å². The Kier molecular flexibility index (Phi) is 3.21. The van der Waals surface area contributed by atoms with E-state index >= 15 is 0 Å². The first-order valence-corrected chi connectivity index (χ1v) is 7.52. The lowest BCUT2D eigenvalue weighted by Gasteiger charge is -2.32. The highest BCUT2D eigenvalue weighted by molar-refractivity contribution is 7.71. The summed E-state index contributed by atoms with van der Waals surface area (Å²) in [7, 11) is 0. The Morgan fingerprint density at radius 3 is 2.63 bits per heavy atom. The molecule has 0 radical (unpaired) electrons. The van der Waals surface area contributed by atoms with Gasteiger partial charge >= 0.3 is 0 Å². The van der Waals surface area contributed by atoms with E-state index in [1.165, 1.54) is 24.8 Å². The molecule has 2 heterocycles. The summed E-state index contributed by atoms with van der Waals surface area (Å²) in [6.07, 6.45) is 5.68. The Hall–Kier alpha value is -1.16. The van der Waals surface area contributed by atoms with Gasteiger partial charge in [-0.05, 0) is 61.9 Å². The third kappa shape index (κ3) is 2.34. The third-order valence-corrected chi connectivity index (χ3v) is 4.51. The molecule has 0 aromatic carbocycles. The summed E-state index contributed by atoms with van der Waals surface area (Å²) >= 11 is 5.52. The summed E-state index contributed by atoms with van der Waals surface area (Å²) in [5.41, 5.74) is 3.25. The molecule has 1 fully saturated rings. The summed E-state index contributed by atoms with van der Waals surface area (Å²) in [4.78, 5) is 7.90. The van der Waals surface area contributed by atoms with Gasteiger partial charge < -0.3 is 4.98 Å². The Labute approximate surface area is 119 Å². The number of nitrogens with one attached hydrogen (secondary N) is 1. The van der Waals surface area contributed by atoms with Crippen molar-refractivity contribution in [3.63, 3.8) is 0 Å². The van der Waals surface area contributed by atoms with E-state index in [1.807, 2.05) is 6.20 Å². The second-order valence-corrected chi connectivity index (χ2v) is 6.64. The van der Waals surface area contributed by atoms with E-state index in [2.05, 4.69) is 41.4 Å². The molecule has 2 aromatic rings. The predicted octanol–water partition coefficient (Wildman–Crippen LogP) is 4.40. The summed E-state index contributed by atoms with van der Waals surface area (Å²) < 4.78 is 3.07. The van der Waals surface area contributed by atoms with Gasteiger partial charge in [0.1, 0.15) is 0 Å². The summed E-state index contributed by atoms with van der Waals surface area (Å²) in [6.45, 7) is 6.75. The second-order valence-electron chi connectivity index (χ2n) is 6.26. The minimum absolute atomic E-state index is 0.496. The minimum atomic E-state index is 0.496. The summed E-state index contributed by atoms with van der Waals surface area (Å²) in [5, 5.41) is 0. The van der Waals surface area contributed by atoms with Crippen LogP contribution in [0.5, 0.6) is 0 Å². The maximum atomic E-state index is 5.52. The van der Waals surface area contributed by atoms with E-state index in [0.29, 0.717) is 6.04 Å². The fourth-order valence-corrected chi connectivity index (χ4v) is 3.92. The van der Waals surface area contributed by atoms with E-state index in [-0.39, 0.29) is 0 Å². The van der Waals surface area contributed by atoms with Crippen LogP contribution in [0, 0.1) is 23.5 Å². The number of imidazole rings is 1. The van der Waals surface area contributed by atoms with Gasteiger partial charge in [0.15, 0.2) is 10.4 Å². The van der Waals surface area contributed by atoms with Gasteiger partial charge in [0, 0.05) is 12.2 Å². The first-order valence-electron chi connectivity index (χ1n) is 7.11. The molecule has 0 aliphatic heterocycles. The topological polar surface area (TPSA) is 33.6 Å². The van der Waals surface area contributed by atoms with Crippen LogP contribution in [0.4, 0.5) is 0 Å². The van der Waals surface area contributed by atoms with Crippen molar-refractivity contribution < 1.29 is 0 Å². The fraction of sp³-hybridized carbons (Fsp3) is 0.600. The van der Waals surface area contributed by atoms with Crippen molar-refractivity contribution >= 4 is 23.4 Å². The standard InChI is InChI=1S/C15H21N3S/c1-9-4-10(2)6-12(5-9)18-14-13(17-15(18)19)7-11(3)8-16-14/h7-10,12H,4-6H2,1-3H3,(H,17,19). The molecule has 1 saturated carbocycles. The van der Waals surface area contributed by atoms with Crippen molar-refractivity contribution in [2.75, 3.05) is 0 Å². The number of aromatic amines is 1. The predicted molar refractivity (Wildman–Crippen MR) is 80.9 cm³/mol. The number of H-pyrrole nitrogens is 1. The molecule has 0 saturated heterocycles. The maximum Gasteiger partial charge on any atom is 0.179 e. The van der Waals surface area contributed by atoms with Gasteiger partial charge in [-0.1, -0.05) is 13.8 Å². The number of rotatable bonds is 1. The van der Waals surface area contributed by atoms with Gasteiger partial charge in [0.25, 0.3) is 0 Å². The van der Waals surface area contributed by atoms with E-state index in [4.69, 9.17) is 12.2 Å². The zero-order valence-electron chi connectivity index (χ0n) is 11.8. The van der Waals surface area contributed by atoms with Crippen LogP contribution in [-0.2, 0) is 0 Å². The maximum absolute atomic E-state index is 5.52. The van der Waals surface area contributed by atoms with Gasteiger partial charge in [0.2, 0.25) is 0 Å². The molecule has 1 aliphatic rings. The number of nitrogens with zero attached hydrogens (tertiary/aromatic N) is 2. The van der Waals surface area contributed by atoms with Crippen LogP contribution >= 0.6 is 12.2 Å². The van der Waals surface area contributed by atoms with Gasteiger partial charge in [-0.25, -0.2) is 4.98 Å². The lowest BCUT2D eigenvalue weighted by Crippen LogP contribution is -2.22. The van der Waals surface area contributed by atoms with Crippen molar-refractivity contribution in [3.05, 3.63) is 22.6 Å². The zero-order valence-corrected chi connectivity index (χ0v) is 12.6. The first-order chi connectivity index (χ1) is 9.04. The Morgan fingerprint density at radius 1 is 1.26 bits per heavy atom. The van der Waals surface area contributed by atoms with Crippen LogP contribution in [0.3, 0.4) is 0 Å². The van der Waals surface area contributed by atoms with Gasteiger partial charge in [0.05, 0.1) is 5.52 Å². The smallest absolute Gasteiger partial charge is 0.179 e. The Morgan fingerprint density at radius 2 is 1.95 bits per heavy atom. The number of pyridine rings is 1. The van der Waals surface area contributed by atoms with E-state index in [9.17, 15) is 0 Å². The van der Waals surface area contributed by atoms with Gasteiger partial charge in [-0.2, -0.15) is 0 Å². The third-order valence-electron chi connectivity index (χ3n) is 4.21. The fourth-order valence-electron chi connectivity index (χ4n) is 3.57. The molecular weight excluding hydrogens is 254 g/mol. The summed E-state index contributed by atoms with van der Waals surface area (Å²) in [6, 6.07) is 2.62. The molecule has 1 aliphatic carbocycles. The number of hydrogen-bond donors (Lipinski definition) is 1. The summed E-state index contributed by atoms with van der Waals surface area (Å²) in [5.74, 6) is 1.54. The monoisotopic (exact) mass is 275 g/mol. The first kappa shape index (κ1) is 12.9. The van der Waals surface area contributed by atoms with Crippen molar-refractivity contribution in [2.45, 2.75) is 46.1 Å². The quantitative estimate of drug-likeness (QED) is 0.783. The van der Waals surface area contributed by atoms with Crippen LogP contribution in [0.2, 0.25) is 0 Å². The number of aryl methyl sites for hydroxylation is 1. The molecule has 19 heavy (non-hydrogen) atoms. The lowest BCUT2D eigenvalue weighted by molar-refractivity contribution is 0.223. The normalized spacial score (nSPS) is 27.8. The van der Waals surface area contributed by atoms with Crippen LogP contribution in [-0.4, -0.2) is 14.5 Å². The second kappa shape index (κ2) is 4.75. The molecule has 2 aromatic heterocycles. The molecule has 0 amide bonds. The highest BCUT2D eigenvalue weighted by Gasteiger charge is 2.27. The van der Waals surface area contributed by atoms with Gasteiger partial charge in [-0.15, -0.1) is 0 Å². The Bertz CT molecular complexity index is 645. The molecule has 102 valence electrons. The van der Waals surface area contributed by atoms with E-state index in [1.54, 1.807) is 0 Å². The molecule has 2 atom stereocenters. The number of fused-ring (bicyclic) bond motifs is 1. The van der Waals surface area contributed by atoms with Crippen LogP contribution in [0.25, 0.3) is 11.2 Å².